The molecule has 0 aliphatic carbocycles. The minimum Gasteiger partial charge on any atom is -0.322 e. The zero-order valence-electron chi connectivity index (χ0n) is 15.7. The third kappa shape index (κ3) is 4.37. The second-order valence-electron chi connectivity index (χ2n) is 6.62. The molecule has 0 spiro atoms. The van der Waals surface area contributed by atoms with Crippen molar-refractivity contribution >= 4 is 54.0 Å². The highest BCUT2D eigenvalue weighted by molar-refractivity contribution is 9.10. The smallest absolute Gasteiger partial charge is 0.261 e. The first-order chi connectivity index (χ1) is 14.4. The highest BCUT2D eigenvalue weighted by atomic mass is 79.9. The first-order valence-electron chi connectivity index (χ1n) is 9.10. The van der Waals surface area contributed by atoms with Gasteiger partial charge in [-0.05, 0) is 60.0 Å². The Balaban J connectivity index is 1.52. The van der Waals surface area contributed by atoms with E-state index in [1.165, 1.54) is 12.1 Å². The van der Waals surface area contributed by atoms with E-state index in [4.69, 9.17) is 0 Å². The summed E-state index contributed by atoms with van der Waals surface area (Å²) in [7, 11) is -3.77. The van der Waals surface area contributed by atoms with Gasteiger partial charge in [0.1, 0.15) is 0 Å². The van der Waals surface area contributed by atoms with Crippen molar-refractivity contribution in [3.8, 4) is 0 Å². The normalized spacial score (nSPS) is 11.2. The van der Waals surface area contributed by atoms with E-state index in [0.29, 0.717) is 16.9 Å². The van der Waals surface area contributed by atoms with Gasteiger partial charge >= 0.3 is 0 Å². The molecule has 0 radical (unpaired) electrons. The Kier molecular flexibility index (Phi) is 5.57. The van der Waals surface area contributed by atoms with Gasteiger partial charge in [0.15, 0.2) is 0 Å². The molecule has 0 unspecified atom stereocenters. The number of sulfonamides is 1. The Morgan fingerprint density at radius 2 is 1.43 bits per heavy atom. The Morgan fingerprint density at radius 1 is 0.767 bits per heavy atom. The molecule has 5 nitrogen and oxygen atoms in total. The SMILES string of the molecule is O=C(Nc1ccc(S(=O)(=O)Nc2cccc3ccccc23)cc1)c1ccc(Br)cc1. The van der Waals surface area contributed by atoms with Gasteiger partial charge in [0, 0.05) is 21.1 Å². The van der Waals surface area contributed by atoms with Gasteiger partial charge in [-0.3, -0.25) is 9.52 Å². The maximum atomic E-state index is 12.8. The van der Waals surface area contributed by atoms with Crippen molar-refractivity contribution in [3.63, 3.8) is 0 Å². The lowest BCUT2D eigenvalue weighted by molar-refractivity contribution is 0.102. The average molecular weight is 481 g/mol. The van der Waals surface area contributed by atoms with Gasteiger partial charge in [0.25, 0.3) is 15.9 Å². The van der Waals surface area contributed by atoms with E-state index in [9.17, 15) is 13.2 Å². The van der Waals surface area contributed by atoms with Gasteiger partial charge in [0.2, 0.25) is 0 Å². The number of carbonyl (C=O) groups is 1. The van der Waals surface area contributed by atoms with Crippen molar-refractivity contribution < 1.29 is 13.2 Å². The van der Waals surface area contributed by atoms with Crippen LogP contribution in [0.2, 0.25) is 0 Å². The maximum Gasteiger partial charge on any atom is 0.261 e. The van der Waals surface area contributed by atoms with E-state index in [1.54, 1.807) is 48.5 Å². The van der Waals surface area contributed by atoms with Crippen molar-refractivity contribution in [2.75, 3.05) is 10.0 Å². The van der Waals surface area contributed by atoms with Crippen LogP contribution in [0.25, 0.3) is 10.8 Å². The van der Waals surface area contributed by atoms with Crippen LogP contribution in [0.4, 0.5) is 11.4 Å². The third-order valence-electron chi connectivity index (χ3n) is 4.56. The molecule has 2 N–H and O–H groups in total. The molecule has 0 saturated carbocycles. The van der Waals surface area contributed by atoms with Crippen molar-refractivity contribution in [2.45, 2.75) is 4.90 Å². The minimum atomic E-state index is -3.77. The van der Waals surface area contributed by atoms with Crippen LogP contribution >= 0.6 is 15.9 Å². The Labute approximate surface area is 182 Å². The number of hydrogen-bond donors (Lipinski definition) is 2. The molecule has 4 aromatic rings. The van der Waals surface area contributed by atoms with Crippen molar-refractivity contribution in [1.29, 1.82) is 0 Å². The van der Waals surface area contributed by atoms with Gasteiger partial charge in [0.05, 0.1) is 10.6 Å². The maximum absolute atomic E-state index is 12.8. The molecule has 4 rings (SSSR count). The molecule has 150 valence electrons. The summed E-state index contributed by atoms with van der Waals surface area (Å²) in [5, 5.41) is 4.53. The van der Waals surface area contributed by atoms with Crippen molar-refractivity contribution in [1.82, 2.24) is 0 Å². The van der Waals surface area contributed by atoms with E-state index in [-0.39, 0.29) is 10.8 Å². The van der Waals surface area contributed by atoms with Crippen LogP contribution < -0.4 is 10.0 Å². The van der Waals surface area contributed by atoms with E-state index in [1.807, 2.05) is 30.3 Å². The second kappa shape index (κ2) is 8.30. The van der Waals surface area contributed by atoms with Crippen LogP contribution in [0.3, 0.4) is 0 Å². The van der Waals surface area contributed by atoms with Crippen LogP contribution in [0.15, 0.2) is 100 Å². The predicted molar refractivity (Wildman–Crippen MR) is 123 cm³/mol. The van der Waals surface area contributed by atoms with E-state index < -0.39 is 10.0 Å². The number of anilines is 2. The van der Waals surface area contributed by atoms with Crippen LogP contribution in [0, 0.1) is 0 Å². The molecular formula is C23H17BrN2O3S. The number of fused-ring (bicyclic) bond motifs is 1. The number of halogens is 1. The molecule has 0 heterocycles. The summed E-state index contributed by atoms with van der Waals surface area (Å²) in [6, 6.07) is 26.0. The molecule has 30 heavy (non-hydrogen) atoms. The van der Waals surface area contributed by atoms with Crippen LogP contribution in [0.1, 0.15) is 10.4 Å². The molecule has 0 aliphatic rings. The predicted octanol–water partition coefficient (Wildman–Crippen LogP) is 5.66. The fraction of sp³-hybridized carbons (Fsp3) is 0. The summed E-state index contributed by atoms with van der Waals surface area (Å²) < 4.78 is 29.2. The zero-order chi connectivity index (χ0) is 21.1. The standard InChI is InChI=1S/C23H17BrN2O3S/c24-18-10-8-17(9-11-18)23(27)25-19-12-14-20(15-13-19)30(28,29)26-22-7-3-5-16-4-1-2-6-21(16)22/h1-15,26H,(H,25,27). The van der Waals surface area contributed by atoms with Gasteiger partial charge in [-0.1, -0.05) is 52.3 Å². The van der Waals surface area contributed by atoms with Crippen LogP contribution in [-0.2, 0) is 10.0 Å². The third-order valence-corrected chi connectivity index (χ3v) is 6.47. The fourth-order valence-corrected chi connectivity index (χ4v) is 4.38. The topological polar surface area (TPSA) is 75.3 Å². The average Bonchev–Trinajstić information content (AvgIpc) is 2.75. The molecule has 0 atom stereocenters. The molecule has 0 fully saturated rings. The highest BCUT2D eigenvalue weighted by Gasteiger charge is 2.16. The van der Waals surface area contributed by atoms with E-state index >= 15 is 0 Å². The summed E-state index contributed by atoms with van der Waals surface area (Å²) in [5.74, 6) is -0.271. The monoisotopic (exact) mass is 480 g/mol. The van der Waals surface area contributed by atoms with Gasteiger partial charge < -0.3 is 5.32 Å². The number of nitrogens with one attached hydrogen (secondary N) is 2. The quantitative estimate of drug-likeness (QED) is 0.387. The number of hydrogen-bond acceptors (Lipinski definition) is 3. The Hall–Kier alpha value is -3.16. The summed E-state index contributed by atoms with van der Waals surface area (Å²) >= 11 is 3.33. The first-order valence-corrected chi connectivity index (χ1v) is 11.4. The molecule has 0 aliphatic heterocycles. The first kappa shape index (κ1) is 20.1. The van der Waals surface area contributed by atoms with E-state index in [0.717, 1.165) is 15.2 Å². The largest absolute Gasteiger partial charge is 0.322 e. The lowest BCUT2D eigenvalue weighted by Crippen LogP contribution is -2.14. The van der Waals surface area contributed by atoms with Crippen LogP contribution in [-0.4, -0.2) is 14.3 Å². The molecule has 7 heteroatoms. The summed E-state index contributed by atoms with van der Waals surface area (Å²) in [6.07, 6.45) is 0. The summed E-state index contributed by atoms with van der Waals surface area (Å²) in [4.78, 5) is 12.4. The minimum absolute atomic E-state index is 0.108. The number of amides is 1. The zero-order valence-corrected chi connectivity index (χ0v) is 18.1. The number of rotatable bonds is 5. The Morgan fingerprint density at radius 3 is 2.17 bits per heavy atom. The lowest BCUT2D eigenvalue weighted by atomic mass is 10.1. The van der Waals surface area contributed by atoms with Crippen LogP contribution in [0.5, 0.6) is 0 Å². The molecule has 4 aromatic carbocycles. The Bertz CT molecular complexity index is 1310. The highest BCUT2D eigenvalue weighted by Crippen LogP contribution is 2.26. The summed E-state index contributed by atoms with van der Waals surface area (Å²) in [5.41, 5.74) is 1.53. The van der Waals surface area contributed by atoms with Crippen molar-refractivity contribution in [3.05, 3.63) is 101 Å². The number of benzene rings is 4. The van der Waals surface area contributed by atoms with Gasteiger partial charge in [-0.2, -0.15) is 0 Å². The van der Waals surface area contributed by atoms with E-state index in [2.05, 4.69) is 26.0 Å². The van der Waals surface area contributed by atoms with Crippen molar-refractivity contribution in [2.24, 2.45) is 0 Å². The molecule has 0 saturated heterocycles. The second-order valence-corrected chi connectivity index (χ2v) is 9.22. The lowest BCUT2D eigenvalue weighted by Gasteiger charge is -2.11. The molecule has 0 aromatic heterocycles. The molecule has 1 amide bonds. The van der Waals surface area contributed by atoms with Gasteiger partial charge in [-0.25, -0.2) is 8.42 Å². The summed E-state index contributed by atoms with van der Waals surface area (Å²) in [6.45, 7) is 0. The van der Waals surface area contributed by atoms with Gasteiger partial charge in [-0.15, -0.1) is 0 Å². The number of carbonyl (C=O) groups excluding carboxylic acids is 1. The molecular weight excluding hydrogens is 464 g/mol. The fourth-order valence-electron chi connectivity index (χ4n) is 3.04. The molecule has 0 bridgehead atoms.